The molecule has 0 aliphatic carbocycles. The van der Waals surface area contributed by atoms with Crippen LogP contribution in [0.2, 0.25) is 0 Å². The number of carbonyl (C=O) groups excluding carboxylic acids is 2. The Morgan fingerprint density at radius 2 is 1.86 bits per heavy atom. The molecule has 1 N–H and O–H groups in total. The van der Waals surface area contributed by atoms with Crippen molar-refractivity contribution < 1.29 is 14.3 Å². The van der Waals surface area contributed by atoms with Gasteiger partial charge in [-0.3, -0.25) is 14.2 Å². The Morgan fingerprint density at radius 3 is 2.50 bits per heavy atom. The lowest BCUT2D eigenvalue weighted by molar-refractivity contribution is -0.116. The Labute approximate surface area is 166 Å². The molecule has 1 amide bonds. The number of carbonyl (C=O) groups is 2. The third-order valence-corrected chi connectivity index (χ3v) is 5.56. The quantitative estimate of drug-likeness (QED) is 0.666. The molecule has 0 aliphatic rings. The smallest absolute Gasteiger partial charge is 0.338 e. The minimum atomic E-state index is -0.414. The van der Waals surface area contributed by atoms with E-state index in [0.717, 1.165) is 10.4 Å². The van der Waals surface area contributed by atoms with Gasteiger partial charge >= 0.3 is 5.97 Å². The Kier molecular flexibility index (Phi) is 5.60. The maximum absolute atomic E-state index is 12.9. The predicted molar refractivity (Wildman–Crippen MR) is 109 cm³/mol. The van der Waals surface area contributed by atoms with E-state index in [2.05, 4.69) is 10.3 Å². The lowest BCUT2D eigenvalue weighted by Crippen LogP contribution is -2.30. The number of anilines is 1. The fourth-order valence-electron chi connectivity index (χ4n) is 2.86. The van der Waals surface area contributed by atoms with Gasteiger partial charge in [0, 0.05) is 10.6 Å². The molecule has 0 aliphatic heterocycles. The molecular weight excluding hydrogens is 378 g/mol. The van der Waals surface area contributed by atoms with E-state index in [1.165, 1.54) is 15.9 Å². The third-order valence-electron chi connectivity index (χ3n) is 4.46. The van der Waals surface area contributed by atoms with Crippen molar-refractivity contribution in [3.8, 4) is 0 Å². The van der Waals surface area contributed by atoms with Gasteiger partial charge in [-0.05, 0) is 57.5 Å². The van der Waals surface area contributed by atoms with Crippen LogP contribution in [0.1, 0.15) is 33.5 Å². The average molecular weight is 399 g/mol. The molecule has 2 aromatic heterocycles. The highest BCUT2D eigenvalue weighted by Gasteiger charge is 2.16. The van der Waals surface area contributed by atoms with Gasteiger partial charge in [0.2, 0.25) is 5.91 Å². The van der Waals surface area contributed by atoms with E-state index in [1.807, 2.05) is 13.8 Å². The van der Waals surface area contributed by atoms with Gasteiger partial charge in [-0.2, -0.15) is 0 Å². The van der Waals surface area contributed by atoms with Gasteiger partial charge < -0.3 is 10.1 Å². The van der Waals surface area contributed by atoms with Crippen molar-refractivity contribution in [2.24, 2.45) is 0 Å². The van der Waals surface area contributed by atoms with Crippen LogP contribution >= 0.6 is 11.3 Å². The van der Waals surface area contributed by atoms with E-state index in [9.17, 15) is 14.4 Å². The van der Waals surface area contributed by atoms with Crippen molar-refractivity contribution in [2.75, 3.05) is 11.9 Å². The van der Waals surface area contributed by atoms with Crippen LogP contribution in [0, 0.1) is 20.8 Å². The second kappa shape index (κ2) is 7.93. The van der Waals surface area contributed by atoms with Crippen LogP contribution in [-0.4, -0.2) is 28.0 Å². The molecule has 0 bridgehead atoms. The number of hydrogen-bond donors (Lipinski definition) is 1. The lowest BCUT2D eigenvalue weighted by Gasteiger charge is -2.11. The van der Waals surface area contributed by atoms with Gasteiger partial charge in [0.15, 0.2) is 0 Å². The maximum atomic E-state index is 12.9. The second-order valence-electron chi connectivity index (χ2n) is 6.36. The number of ether oxygens (including phenoxy) is 1. The molecule has 2 heterocycles. The van der Waals surface area contributed by atoms with Gasteiger partial charge in [0.05, 0.1) is 17.6 Å². The molecule has 0 unspecified atom stereocenters. The number of thiophene rings is 1. The summed E-state index contributed by atoms with van der Waals surface area (Å²) in [6.45, 7) is 7.46. The van der Waals surface area contributed by atoms with Crippen molar-refractivity contribution in [2.45, 2.75) is 34.2 Å². The minimum Gasteiger partial charge on any atom is -0.462 e. The number of nitrogens with zero attached hydrogens (tertiary/aromatic N) is 2. The standard InChI is InChI=1S/C20H21N3O4S/c1-5-27-20(26)14-6-8-15(9-7-14)22-16(24)10-23-13(4)21-18-17(19(23)25)11(2)12(3)28-18/h6-9H,5,10H2,1-4H3,(H,22,24). The van der Waals surface area contributed by atoms with Gasteiger partial charge in [-0.15, -0.1) is 11.3 Å². The molecule has 3 aromatic rings. The molecule has 146 valence electrons. The first-order chi connectivity index (χ1) is 13.3. The number of rotatable bonds is 5. The van der Waals surface area contributed by atoms with Gasteiger partial charge in [-0.25, -0.2) is 9.78 Å². The van der Waals surface area contributed by atoms with Crippen LogP contribution in [0.3, 0.4) is 0 Å². The minimum absolute atomic E-state index is 0.137. The third kappa shape index (κ3) is 3.82. The Balaban J connectivity index is 1.79. The molecule has 0 radical (unpaired) electrons. The molecule has 0 atom stereocenters. The molecular formula is C20H21N3O4S. The van der Waals surface area contributed by atoms with Crippen LogP contribution in [0.5, 0.6) is 0 Å². The molecule has 8 heteroatoms. The number of esters is 1. The van der Waals surface area contributed by atoms with E-state index < -0.39 is 5.97 Å². The number of nitrogens with one attached hydrogen (secondary N) is 1. The summed E-state index contributed by atoms with van der Waals surface area (Å²) in [5.41, 5.74) is 1.63. The summed E-state index contributed by atoms with van der Waals surface area (Å²) in [6, 6.07) is 6.40. The van der Waals surface area contributed by atoms with Crippen LogP contribution in [0.25, 0.3) is 10.2 Å². The van der Waals surface area contributed by atoms with Crippen LogP contribution in [0.4, 0.5) is 5.69 Å². The topological polar surface area (TPSA) is 90.3 Å². The van der Waals surface area contributed by atoms with Gasteiger partial charge in [0.25, 0.3) is 5.56 Å². The van der Waals surface area contributed by atoms with E-state index in [4.69, 9.17) is 4.74 Å². The Morgan fingerprint density at radius 1 is 1.18 bits per heavy atom. The number of aromatic nitrogens is 2. The first kappa shape index (κ1) is 19.8. The first-order valence-electron chi connectivity index (χ1n) is 8.86. The molecule has 28 heavy (non-hydrogen) atoms. The second-order valence-corrected chi connectivity index (χ2v) is 7.56. The molecule has 3 rings (SSSR count). The average Bonchev–Trinajstić information content (AvgIpc) is 2.93. The molecule has 0 spiro atoms. The lowest BCUT2D eigenvalue weighted by atomic mass is 10.2. The molecule has 0 fully saturated rings. The molecule has 1 aromatic carbocycles. The van der Waals surface area contributed by atoms with Gasteiger partial charge in [0.1, 0.15) is 17.2 Å². The van der Waals surface area contributed by atoms with E-state index in [-0.39, 0.29) is 18.0 Å². The zero-order valence-corrected chi connectivity index (χ0v) is 17.0. The summed E-state index contributed by atoms with van der Waals surface area (Å²) < 4.78 is 6.31. The SMILES string of the molecule is CCOC(=O)c1ccc(NC(=O)Cn2c(C)nc3sc(C)c(C)c3c2=O)cc1. The van der Waals surface area contributed by atoms with Crippen LogP contribution in [0.15, 0.2) is 29.1 Å². The summed E-state index contributed by atoms with van der Waals surface area (Å²) >= 11 is 1.48. The summed E-state index contributed by atoms with van der Waals surface area (Å²) in [4.78, 5) is 43.2. The zero-order valence-electron chi connectivity index (χ0n) is 16.2. The number of hydrogen-bond acceptors (Lipinski definition) is 6. The zero-order chi connectivity index (χ0) is 20.4. The largest absolute Gasteiger partial charge is 0.462 e. The number of fused-ring (bicyclic) bond motifs is 1. The number of amides is 1. The monoisotopic (exact) mass is 399 g/mol. The summed E-state index contributed by atoms with van der Waals surface area (Å²) in [7, 11) is 0. The van der Waals surface area contributed by atoms with Crippen molar-refractivity contribution in [1.29, 1.82) is 0 Å². The van der Waals surface area contributed by atoms with Crippen molar-refractivity contribution in [3.63, 3.8) is 0 Å². The molecule has 0 saturated carbocycles. The highest BCUT2D eigenvalue weighted by molar-refractivity contribution is 7.18. The fraction of sp³-hybridized carbons (Fsp3) is 0.300. The molecule has 0 saturated heterocycles. The molecule has 7 nitrogen and oxygen atoms in total. The predicted octanol–water partition coefficient (Wildman–Crippen LogP) is 3.20. The van der Waals surface area contributed by atoms with Crippen LogP contribution < -0.4 is 10.9 Å². The Bertz CT molecular complexity index is 1110. The van der Waals surface area contributed by atoms with E-state index in [1.54, 1.807) is 38.1 Å². The van der Waals surface area contributed by atoms with Gasteiger partial charge in [-0.1, -0.05) is 0 Å². The maximum Gasteiger partial charge on any atom is 0.338 e. The Hall–Kier alpha value is -3.00. The van der Waals surface area contributed by atoms with E-state index in [0.29, 0.717) is 33.9 Å². The summed E-state index contributed by atoms with van der Waals surface area (Å²) in [5.74, 6) is -0.269. The van der Waals surface area contributed by atoms with Crippen molar-refractivity contribution in [1.82, 2.24) is 9.55 Å². The fourth-order valence-corrected chi connectivity index (χ4v) is 3.93. The normalized spacial score (nSPS) is 10.9. The summed E-state index contributed by atoms with van der Waals surface area (Å²) in [6.07, 6.45) is 0. The highest BCUT2D eigenvalue weighted by atomic mass is 32.1. The highest BCUT2D eigenvalue weighted by Crippen LogP contribution is 2.26. The first-order valence-corrected chi connectivity index (χ1v) is 9.67. The number of aryl methyl sites for hydroxylation is 3. The van der Waals surface area contributed by atoms with Crippen molar-refractivity contribution >= 4 is 39.1 Å². The van der Waals surface area contributed by atoms with E-state index >= 15 is 0 Å². The van der Waals surface area contributed by atoms with Crippen LogP contribution in [-0.2, 0) is 16.1 Å². The van der Waals surface area contributed by atoms with Crippen molar-refractivity contribution in [3.05, 3.63) is 56.4 Å². The number of benzene rings is 1. The summed E-state index contributed by atoms with van der Waals surface area (Å²) in [5, 5.41) is 3.30.